The molecule has 6 heteroatoms. The lowest BCUT2D eigenvalue weighted by atomic mass is 10.1. The molecule has 0 aliphatic carbocycles. The molecule has 0 aromatic carbocycles. The fraction of sp³-hybridized carbons (Fsp3) is 0.857. The van der Waals surface area contributed by atoms with Gasteiger partial charge in [0.25, 0.3) is 0 Å². The fourth-order valence-electron chi connectivity index (χ4n) is 0.728. The molecule has 0 radical (unpaired) electrons. The fourth-order valence-corrected chi connectivity index (χ4v) is 1.41. The summed E-state index contributed by atoms with van der Waals surface area (Å²) in [6.45, 7) is 3.68. The van der Waals surface area contributed by atoms with Crippen LogP contribution in [0, 0.1) is 5.92 Å². The molecule has 1 N–H and O–H groups in total. The molecule has 1 rings (SSSR count). The highest BCUT2D eigenvalue weighted by Gasteiger charge is 2.30. The first kappa shape index (κ1) is 10.5. The van der Waals surface area contributed by atoms with E-state index in [-0.39, 0.29) is 5.92 Å². The number of carbonyl (C=O) groups is 1. The maximum absolute atomic E-state index is 11.2. The van der Waals surface area contributed by atoms with Crippen LogP contribution in [0.5, 0.6) is 0 Å². The maximum Gasteiger partial charge on any atom is 0.241 e. The van der Waals surface area contributed by atoms with Crippen LogP contribution in [0.3, 0.4) is 0 Å². The number of hydrogen-bond acceptors (Lipinski definition) is 4. The van der Waals surface area contributed by atoms with Gasteiger partial charge in [0.15, 0.2) is 0 Å². The van der Waals surface area contributed by atoms with Crippen molar-refractivity contribution in [1.82, 2.24) is 4.72 Å². The molecule has 13 heavy (non-hydrogen) atoms. The molecule has 1 heterocycles. The molecular weight excluding hydrogens is 194 g/mol. The van der Waals surface area contributed by atoms with Gasteiger partial charge >= 0.3 is 0 Å². The second-order valence-electron chi connectivity index (χ2n) is 3.29. The predicted molar refractivity (Wildman–Crippen MR) is 46.5 cm³/mol. The van der Waals surface area contributed by atoms with Crippen LogP contribution >= 0.6 is 0 Å². The largest absolute Gasteiger partial charge is 0.380 e. The summed E-state index contributed by atoms with van der Waals surface area (Å²) in [5, 5.41) is -0.586. The minimum atomic E-state index is -3.47. The summed E-state index contributed by atoms with van der Waals surface area (Å²) < 4.78 is 29.2. The van der Waals surface area contributed by atoms with Gasteiger partial charge in [-0.15, -0.1) is 0 Å². The van der Waals surface area contributed by atoms with E-state index in [9.17, 15) is 13.2 Å². The maximum atomic E-state index is 11.2. The smallest absolute Gasteiger partial charge is 0.241 e. The summed E-state index contributed by atoms with van der Waals surface area (Å²) in [4.78, 5) is 11.2. The Hall–Kier alpha value is -0.620. The van der Waals surface area contributed by atoms with Gasteiger partial charge in [-0.05, 0) is 13.8 Å². The standard InChI is InChI=1S/C7H13NO4S/c1-5(2)13(10,11)8-7(9)6-3-12-4-6/h5-6H,3-4H2,1-2H3,(H,8,9). The number of amides is 1. The highest BCUT2D eigenvalue weighted by Crippen LogP contribution is 2.10. The zero-order chi connectivity index (χ0) is 10.1. The molecule has 0 bridgehead atoms. The lowest BCUT2D eigenvalue weighted by Gasteiger charge is -2.24. The average Bonchev–Trinajstić information content (AvgIpc) is 1.80. The molecule has 5 nitrogen and oxygen atoms in total. The lowest BCUT2D eigenvalue weighted by molar-refractivity contribution is -0.136. The summed E-state index contributed by atoms with van der Waals surface area (Å²) >= 11 is 0. The Bertz CT molecular complexity index is 292. The van der Waals surface area contributed by atoms with Gasteiger partial charge in [0.1, 0.15) is 0 Å². The van der Waals surface area contributed by atoms with E-state index in [1.807, 2.05) is 4.72 Å². The monoisotopic (exact) mass is 207 g/mol. The number of sulfonamides is 1. The van der Waals surface area contributed by atoms with Gasteiger partial charge in [-0.3, -0.25) is 9.52 Å². The first-order valence-corrected chi connectivity index (χ1v) is 5.61. The zero-order valence-electron chi connectivity index (χ0n) is 7.61. The molecule has 0 aromatic rings. The highest BCUT2D eigenvalue weighted by molar-refractivity contribution is 7.90. The third kappa shape index (κ3) is 2.41. The third-order valence-electron chi connectivity index (χ3n) is 1.87. The van der Waals surface area contributed by atoms with Gasteiger partial charge in [0.2, 0.25) is 15.9 Å². The van der Waals surface area contributed by atoms with Crippen LogP contribution in [-0.2, 0) is 19.6 Å². The molecule has 0 saturated carbocycles. The van der Waals surface area contributed by atoms with Crippen molar-refractivity contribution in [3.63, 3.8) is 0 Å². The normalized spacial score (nSPS) is 18.4. The Balaban J connectivity index is 2.52. The Morgan fingerprint density at radius 1 is 1.46 bits per heavy atom. The number of rotatable bonds is 3. The molecule has 1 aliphatic heterocycles. The number of hydrogen-bond donors (Lipinski definition) is 1. The van der Waals surface area contributed by atoms with E-state index in [0.29, 0.717) is 13.2 Å². The van der Waals surface area contributed by atoms with Crippen LogP contribution in [0.4, 0.5) is 0 Å². The van der Waals surface area contributed by atoms with Crippen molar-refractivity contribution in [2.75, 3.05) is 13.2 Å². The second-order valence-corrected chi connectivity index (χ2v) is 5.53. The molecule has 1 aliphatic rings. The molecule has 1 amide bonds. The molecule has 1 saturated heterocycles. The van der Waals surface area contributed by atoms with Gasteiger partial charge in [0, 0.05) is 0 Å². The van der Waals surface area contributed by atoms with E-state index in [1.54, 1.807) is 0 Å². The minimum absolute atomic E-state index is 0.298. The van der Waals surface area contributed by atoms with Gasteiger partial charge < -0.3 is 4.74 Å². The Labute approximate surface area is 77.5 Å². The van der Waals surface area contributed by atoms with E-state index < -0.39 is 21.2 Å². The predicted octanol–water partition coefficient (Wildman–Crippen LogP) is -0.513. The van der Waals surface area contributed by atoms with Gasteiger partial charge in [0.05, 0.1) is 24.4 Å². The van der Waals surface area contributed by atoms with Crippen LogP contribution < -0.4 is 4.72 Å². The SMILES string of the molecule is CC(C)S(=O)(=O)NC(=O)C1COC1. The molecule has 0 unspecified atom stereocenters. The van der Waals surface area contributed by atoms with Gasteiger partial charge in [-0.1, -0.05) is 0 Å². The summed E-state index contributed by atoms with van der Waals surface area (Å²) in [5.41, 5.74) is 0. The van der Waals surface area contributed by atoms with Crippen LogP contribution in [0.15, 0.2) is 0 Å². The highest BCUT2D eigenvalue weighted by atomic mass is 32.2. The van der Waals surface area contributed by atoms with Crippen molar-refractivity contribution in [2.45, 2.75) is 19.1 Å². The van der Waals surface area contributed by atoms with Crippen molar-refractivity contribution in [2.24, 2.45) is 5.92 Å². The zero-order valence-corrected chi connectivity index (χ0v) is 8.43. The molecule has 0 atom stereocenters. The minimum Gasteiger partial charge on any atom is -0.380 e. The number of ether oxygens (including phenoxy) is 1. The van der Waals surface area contributed by atoms with E-state index in [0.717, 1.165) is 0 Å². The Morgan fingerprint density at radius 3 is 2.31 bits per heavy atom. The summed E-state index contributed by atoms with van der Waals surface area (Å²) in [5.74, 6) is -0.756. The van der Waals surface area contributed by atoms with Crippen molar-refractivity contribution in [1.29, 1.82) is 0 Å². The van der Waals surface area contributed by atoms with E-state index in [2.05, 4.69) is 0 Å². The van der Waals surface area contributed by atoms with Crippen LogP contribution in [-0.4, -0.2) is 32.8 Å². The first-order chi connectivity index (χ1) is 5.93. The number of carbonyl (C=O) groups excluding carboxylic acids is 1. The Morgan fingerprint density at radius 2 is 2.00 bits per heavy atom. The molecule has 0 spiro atoms. The quantitative estimate of drug-likeness (QED) is 0.676. The molecule has 76 valence electrons. The second kappa shape index (κ2) is 3.63. The topological polar surface area (TPSA) is 72.5 Å². The van der Waals surface area contributed by atoms with Crippen molar-refractivity contribution in [3.05, 3.63) is 0 Å². The Kier molecular flexibility index (Phi) is 2.92. The average molecular weight is 207 g/mol. The summed E-state index contributed by atoms with van der Waals surface area (Å²) in [7, 11) is -3.47. The van der Waals surface area contributed by atoms with Crippen LogP contribution in [0.2, 0.25) is 0 Å². The molecular formula is C7H13NO4S. The molecule has 1 fully saturated rings. The van der Waals surface area contributed by atoms with E-state index in [4.69, 9.17) is 4.74 Å². The number of nitrogens with one attached hydrogen (secondary N) is 1. The summed E-state index contributed by atoms with van der Waals surface area (Å²) in [6.07, 6.45) is 0. The van der Waals surface area contributed by atoms with Crippen LogP contribution in [0.1, 0.15) is 13.8 Å². The van der Waals surface area contributed by atoms with Crippen molar-refractivity contribution >= 4 is 15.9 Å². The first-order valence-electron chi connectivity index (χ1n) is 4.06. The van der Waals surface area contributed by atoms with Crippen molar-refractivity contribution < 1.29 is 17.9 Å². The summed E-state index contributed by atoms with van der Waals surface area (Å²) in [6, 6.07) is 0. The van der Waals surface area contributed by atoms with Crippen LogP contribution in [0.25, 0.3) is 0 Å². The lowest BCUT2D eigenvalue weighted by Crippen LogP contribution is -2.46. The molecule has 0 aromatic heterocycles. The van der Waals surface area contributed by atoms with Crippen molar-refractivity contribution in [3.8, 4) is 0 Å². The van der Waals surface area contributed by atoms with Gasteiger partial charge in [-0.25, -0.2) is 8.42 Å². The third-order valence-corrected chi connectivity index (χ3v) is 3.60. The van der Waals surface area contributed by atoms with Gasteiger partial charge in [-0.2, -0.15) is 0 Å². The van der Waals surface area contributed by atoms with E-state index in [1.165, 1.54) is 13.8 Å². The van der Waals surface area contributed by atoms with E-state index >= 15 is 0 Å².